The van der Waals surface area contributed by atoms with Gasteiger partial charge in [0.1, 0.15) is 5.56 Å². The lowest BCUT2D eigenvalue weighted by atomic mass is 9.87. The quantitative estimate of drug-likeness (QED) is 0.503. The maximum Gasteiger partial charge on any atom is 0.307 e. The van der Waals surface area contributed by atoms with Crippen LogP contribution in [-0.4, -0.2) is 28.5 Å². The lowest BCUT2D eigenvalue weighted by molar-refractivity contribution is -0.385. The van der Waals surface area contributed by atoms with Crippen molar-refractivity contribution in [2.24, 2.45) is 5.92 Å². The molecule has 1 aromatic heterocycles. The molecule has 8 heteroatoms. The summed E-state index contributed by atoms with van der Waals surface area (Å²) in [6.07, 6.45) is 3.92. The van der Waals surface area contributed by atoms with Crippen molar-refractivity contribution >= 4 is 23.2 Å². The summed E-state index contributed by atoms with van der Waals surface area (Å²) in [6.45, 7) is 4.21. The van der Waals surface area contributed by atoms with Gasteiger partial charge in [0.25, 0.3) is 5.91 Å². The van der Waals surface area contributed by atoms with Crippen molar-refractivity contribution in [3.05, 3.63) is 26.9 Å². The second kappa shape index (κ2) is 7.59. The van der Waals surface area contributed by atoms with Crippen LogP contribution in [0.5, 0.6) is 5.88 Å². The third kappa shape index (κ3) is 4.31. The molecule has 1 aliphatic carbocycles. The Kier molecular flexibility index (Phi) is 5.76. The third-order valence-corrected chi connectivity index (χ3v) is 4.27. The van der Waals surface area contributed by atoms with Crippen molar-refractivity contribution in [3.63, 3.8) is 0 Å². The van der Waals surface area contributed by atoms with E-state index in [1.165, 1.54) is 0 Å². The van der Waals surface area contributed by atoms with Gasteiger partial charge in [-0.05, 0) is 38.5 Å². The van der Waals surface area contributed by atoms with Gasteiger partial charge in [0.15, 0.2) is 0 Å². The second-order valence-corrected chi connectivity index (χ2v) is 6.13. The summed E-state index contributed by atoms with van der Waals surface area (Å²) in [5.41, 5.74) is -0.362. The highest BCUT2D eigenvalue weighted by molar-refractivity contribution is 6.31. The van der Waals surface area contributed by atoms with Crippen LogP contribution in [0.4, 0.5) is 5.69 Å². The third-order valence-electron chi connectivity index (χ3n) is 4.00. The van der Waals surface area contributed by atoms with Gasteiger partial charge in [-0.2, -0.15) is 4.98 Å². The van der Waals surface area contributed by atoms with Gasteiger partial charge in [-0.1, -0.05) is 18.5 Å². The Morgan fingerprint density at radius 3 is 2.70 bits per heavy atom. The van der Waals surface area contributed by atoms with Crippen molar-refractivity contribution in [1.29, 1.82) is 0 Å². The summed E-state index contributed by atoms with van der Waals surface area (Å²) >= 11 is 5.78. The maximum atomic E-state index is 12.5. The molecule has 2 rings (SSSR count). The number of ether oxygens (including phenoxy) is 1. The summed E-state index contributed by atoms with van der Waals surface area (Å²) in [5.74, 6) is 0.269. The average Bonchev–Trinajstić information content (AvgIpc) is 2.49. The van der Waals surface area contributed by atoms with Crippen LogP contribution >= 0.6 is 11.6 Å². The average molecular weight is 342 g/mol. The molecule has 0 saturated heterocycles. The highest BCUT2D eigenvalue weighted by atomic mass is 35.5. The number of nitrogens with zero attached hydrogens (tertiary/aromatic N) is 2. The maximum absolute atomic E-state index is 12.5. The van der Waals surface area contributed by atoms with Gasteiger partial charge >= 0.3 is 5.69 Å². The molecule has 0 radical (unpaired) electrons. The summed E-state index contributed by atoms with van der Waals surface area (Å²) in [4.78, 5) is 26.7. The molecule has 0 unspecified atom stereocenters. The summed E-state index contributed by atoms with van der Waals surface area (Å²) in [6, 6.07) is 1.20. The first-order valence-electron chi connectivity index (χ1n) is 7.71. The monoisotopic (exact) mass is 341 g/mol. The molecule has 1 heterocycles. The minimum Gasteiger partial charge on any atom is -0.477 e. The fourth-order valence-electron chi connectivity index (χ4n) is 2.67. The molecular weight excluding hydrogens is 322 g/mol. The number of hydrogen-bond acceptors (Lipinski definition) is 5. The van der Waals surface area contributed by atoms with Gasteiger partial charge in [-0.3, -0.25) is 14.9 Å². The van der Waals surface area contributed by atoms with E-state index in [1.807, 2.05) is 0 Å². The number of nitrogens with one attached hydrogen (secondary N) is 1. The van der Waals surface area contributed by atoms with Crippen LogP contribution in [-0.2, 0) is 0 Å². The van der Waals surface area contributed by atoms with E-state index >= 15 is 0 Å². The lowest BCUT2D eigenvalue weighted by Gasteiger charge is -2.27. The molecular formula is C15H20ClN3O4. The van der Waals surface area contributed by atoms with E-state index in [4.69, 9.17) is 16.3 Å². The first kappa shape index (κ1) is 17.5. The van der Waals surface area contributed by atoms with Gasteiger partial charge in [0.05, 0.1) is 11.5 Å². The van der Waals surface area contributed by atoms with E-state index in [0.29, 0.717) is 5.92 Å². The predicted octanol–water partition coefficient (Wildman–Crippen LogP) is 3.35. The molecule has 1 fully saturated rings. The number of amides is 1. The number of hydrogen-bond donors (Lipinski definition) is 1. The molecule has 23 heavy (non-hydrogen) atoms. The Labute approximate surface area is 139 Å². The van der Waals surface area contributed by atoms with E-state index < -0.39 is 16.5 Å². The van der Waals surface area contributed by atoms with Gasteiger partial charge in [0, 0.05) is 12.1 Å². The van der Waals surface area contributed by atoms with Crippen molar-refractivity contribution in [2.75, 3.05) is 6.61 Å². The van der Waals surface area contributed by atoms with Gasteiger partial charge in [-0.15, -0.1) is 0 Å². The number of rotatable bonds is 5. The van der Waals surface area contributed by atoms with Crippen LogP contribution in [0.3, 0.4) is 0 Å². The molecule has 0 aliphatic heterocycles. The van der Waals surface area contributed by atoms with Gasteiger partial charge in [0.2, 0.25) is 11.0 Å². The van der Waals surface area contributed by atoms with E-state index in [-0.39, 0.29) is 29.2 Å². The molecule has 0 atom stereocenters. The van der Waals surface area contributed by atoms with Crippen molar-refractivity contribution < 1.29 is 14.5 Å². The first-order valence-corrected chi connectivity index (χ1v) is 8.08. The molecule has 1 aromatic rings. The molecule has 1 amide bonds. The highest BCUT2D eigenvalue weighted by Gasteiger charge is 2.26. The molecule has 0 aromatic carbocycles. The van der Waals surface area contributed by atoms with Gasteiger partial charge in [-0.25, -0.2) is 0 Å². The molecule has 1 N–H and O–H groups in total. The predicted molar refractivity (Wildman–Crippen MR) is 86.0 cm³/mol. The minimum absolute atomic E-state index is 0.0183. The topological polar surface area (TPSA) is 94.4 Å². The minimum atomic E-state index is -0.663. The van der Waals surface area contributed by atoms with Crippen molar-refractivity contribution in [2.45, 2.75) is 45.6 Å². The normalized spacial score (nSPS) is 20.8. The number of aromatic nitrogens is 1. The molecule has 7 nitrogen and oxygen atoms in total. The highest BCUT2D eigenvalue weighted by Crippen LogP contribution is 2.30. The Bertz CT molecular complexity index is 601. The van der Waals surface area contributed by atoms with Crippen LogP contribution < -0.4 is 10.1 Å². The fraction of sp³-hybridized carbons (Fsp3) is 0.600. The SMILES string of the molecule is CCOc1nc(Cl)c([N+](=O)[O-])cc1C(=O)N[C@H]1CC[C@H](C)CC1. The molecule has 1 saturated carbocycles. The summed E-state index contributed by atoms with van der Waals surface area (Å²) < 4.78 is 5.30. The van der Waals surface area contributed by atoms with E-state index in [9.17, 15) is 14.9 Å². The summed E-state index contributed by atoms with van der Waals surface area (Å²) in [5, 5.41) is 13.6. The largest absolute Gasteiger partial charge is 0.477 e. The number of carbonyl (C=O) groups is 1. The standard InChI is InChI=1S/C15H20ClN3O4/c1-3-23-15-11(8-12(19(21)22)13(16)18-15)14(20)17-10-6-4-9(2)5-7-10/h8-10H,3-7H2,1-2H3,(H,17,20)/t9-,10-. The van der Waals surface area contributed by atoms with Gasteiger partial charge < -0.3 is 10.1 Å². The first-order chi connectivity index (χ1) is 10.9. The lowest BCUT2D eigenvalue weighted by Crippen LogP contribution is -2.37. The number of carbonyl (C=O) groups excluding carboxylic acids is 1. The zero-order valence-corrected chi connectivity index (χ0v) is 13.9. The van der Waals surface area contributed by atoms with Crippen LogP contribution in [0.25, 0.3) is 0 Å². The van der Waals surface area contributed by atoms with E-state index in [0.717, 1.165) is 31.7 Å². The molecule has 126 valence electrons. The Hall–Kier alpha value is -1.89. The molecule has 0 spiro atoms. The smallest absolute Gasteiger partial charge is 0.307 e. The van der Waals surface area contributed by atoms with Crippen molar-refractivity contribution in [3.8, 4) is 5.88 Å². The van der Waals surface area contributed by atoms with Crippen molar-refractivity contribution in [1.82, 2.24) is 10.3 Å². The Balaban J connectivity index is 2.23. The molecule has 1 aliphatic rings. The Morgan fingerprint density at radius 2 is 2.13 bits per heavy atom. The number of halogens is 1. The van der Waals surface area contributed by atoms with E-state index in [1.54, 1.807) is 6.92 Å². The van der Waals surface area contributed by atoms with Crippen LogP contribution in [0.2, 0.25) is 5.15 Å². The van der Waals surface area contributed by atoms with Crippen LogP contribution in [0, 0.1) is 16.0 Å². The number of nitro groups is 1. The Morgan fingerprint density at radius 1 is 1.48 bits per heavy atom. The van der Waals surface area contributed by atoms with E-state index in [2.05, 4.69) is 17.2 Å². The van der Waals surface area contributed by atoms with Crippen LogP contribution in [0.1, 0.15) is 49.9 Å². The second-order valence-electron chi connectivity index (χ2n) is 5.77. The zero-order valence-electron chi connectivity index (χ0n) is 13.2. The summed E-state index contributed by atoms with van der Waals surface area (Å²) in [7, 11) is 0. The van der Waals surface area contributed by atoms with Crippen LogP contribution in [0.15, 0.2) is 6.07 Å². The molecule has 0 bridgehead atoms. The number of pyridine rings is 1. The zero-order chi connectivity index (χ0) is 17.0. The fourth-order valence-corrected chi connectivity index (χ4v) is 2.87.